The molecular weight excluding hydrogens is 168 g/mol. The van der Waals surface area contributed by atoms with E-state index < -0.39 is 0 Å². The third-order valence-electron chi connectivity index (χ3n) is 2.42. The second kappa shape index (κ2) is 4.80. The lowest BCUT2D eigenvalue weighted by atomic mass is 10.0. The summed E-state index contributed by atoms with van der Waals surface area (Å²) in [6.45, 7) is 10.2. The molecule has 0 spiro atoms. The molecule has 0 saturated heterocycles. The van der Waals surface area contributed by atoms with Gasteiger partial charge in [0.2, 0.25) is 0 Å². The third-order valence-corrected chi connectivity index (χ3v) is 2.42. The highest BCUT2D eigenvalue weighted by molar-refractivity contribution is 5.57. The van der Waals surface area contributed by atoms with Crippen molar-refractivity contribution in [1.29, 1.82) is 0 Å². The second-order valence-electron chi connectivity index (χ2n) is 3.71. The minimum Gasteiger partial charge on any atom is -0.0958 e. The number of allylic oxidation sites excluding steroid dienone is 2. The molecule has 0 aromatic heterocycles. The van der Waals surface area contributed by atoms with Crippen molar-refractivity contribution >= 4 is 6.08 Å². The van der Waals surface area contributed by atoms with Crippen LogP contribution in [0.1, 0.15) is 31.9 Å². The van der Waals surface area contributed by atoms with E-state index in [2.05, 4.69) is 50.8 Å². The molecule has 14 heavy (non-hydrogen) atoms. The van der Waals surface area contributed by atoms with Crippen LogP contribution in [-0.2, 0) is 6.42 Å². The molecule has 0 N–H and O–H groups in total. The monoisotopic (exact) mass is 186 g/mol. The summed E-state index contributed by atoms with van der Waals surface area (Å²) in [6.07, 6.45) is 3.27. The molecule has 0 unspecified atom stereocenters. The zero-order chi connectivity index (χ0) is 10.6. The zero-order valence-corrected chi connectivity index (χ0v) is 9.30. The van der Waals surface area contributed by atoms with Crippen molar-refractivity contribution in [2.75, 3.05) is 0 Å². The summed E-state index contributed by atoms with van der Waals surface area (Å²) in [5, 5.41) is 0. The van der Waals surface area contributed by atoms with Gasteiger partial charge in [0.1, 0.15) is 0 Å². The fourth-order valence-corrected chi connectivity index (χ4v) is 1.28. The van der Waals surface area contributed by atoms with Crippen LogP contribution in [-0.4, -0.2) is 0 Å². The van der Waals surface area contributed by atoms with Gasteiger partial charge in [-0.15, -0.1) is 0 Å². The van der Waals surface area contributed by atoms with Gasteiger partial charge < -0.3 is 0 Å². The van der Waals surface area contributed by atoms with Gasteiger partial charge in [0.25, 0.3) is 0 Å². The Labute approximate surface area is 87.0 Å². The van der Waals surface area contributed by atoms with E-state index in [9.17, 15) is 0 Å². The summed E-state index contributed by atoms with van der Waals surface area (Å²) in [4.78, 5) is 0. The molecule has 0 aliphatic heterocycles. The predicted octanol–water partition coefficient (Wildman–Crippen LogP) is 4.23. The highest BCUT2D eigenvalue weighted by atomic mass is 14.0. The third kappa shape index (κ3) is 2.88. The van der Waals surface area contributed by atoms with Gasteiger partial charge in [-0.3, -0.25) is 0 Å². The van der Waals surface area contributed by atoms with Crippen molar-refractivity contribution in [3.05, 3.63) is 53.1 Å². The molecule has 0 aliphatic rings. The first-order chi connectivity index (χ1) is 6.63. The summed E-state index contributed by atoms with van der Waals surface area (Å²) < 4.78 is 0. The van der Waals surface area contributed by atoms with E-state index in [1.165, 1.54) is 16.7 Å². The molecular formula is C14H18. The Morgan fingerprint density at radius 1 is 1.36 bits per heavy atom. The SMILES string of the molecule is C=C(C)/C(C)=C/c1cccc(CC)c1. The summed E-state index contributed by atoms with van der Waals surface area (Å²) >= 11 is 0. The van der Waals surface area contributed by atoms with Gasteiger partial charge in [-0.2, -0.15) is 0 Å². The van der Waals surface area contributed by atoms with Gasteiger partial charge in [0.15, 0.2) is 0 Å². The Hall–Kier alpha value is -1.30. The topological polar surface area (TPSA) is 0 Å². The van der Waals surface area contributed by atoms with E-state index >= 15 is 0 Å². The lowest BCUT2D eigenvalue weighted by Crippen LogP contribution is -1.82. The largest absolute Gasteiger partial charge is 0.0958 e. The minimum absolute atomic E-state index is 1.09. The molecule has 0 aliphatic carbocycles. The number of rotatable bonds is 3. The minimum atomic E-state index is 1.09. The normalized spacial score (nSPS) is 11.5. The van der Waals surface area contributed by atoms with Crippen molar-refractivity contribution in [2.24, 2.45) is 0 Å². The first kappa shape index (κ1) is 10.8. The molecule has 0 fully saturated rings. The fraction of sp³-hybridized carbons (Fsp3) is 0.286. The van der Waals surface area contributed by atoms with E-state index in [1.54, 1.807) is 0 Å². The van der Waals surface area contributed by atoms with Crippen LogP contribution in [0, 0.1) is 0 Å². The summed E-state index contributed by atoms with van der Waals surface area (Å²) in [6, 6.07) is 8.63. The summed E-state index contributed by atoms with van der Waals surface area (Å²) in [7, 11) is 0. The summed E-state index contributed by atoms with van der Waals surface area (Å²) in [5.41, 5.74) is 5.03. The van der Waals surface area contributed by atoms with Crippen LogP contribution in [0.4, 0.5) is 0 Å². The van der Waals surface area contributed by atoms with Gasteiger partial charge in [0.05, 0.1) is 0 Å². The van der Waals surface area contributed by atoms with Crippen LogP contribution in [0.15, 0.2) is 42.0 Å². The molecule has 0 heterocycles. The fourth-order valence-electron chi connectivity index (χ4n) is 1.28. The van der Waals surface area contributed by atoms with E-state index in [0.29, 0.717) is 0 Å². The van der Waals surface area contributed by atoms with E-state index in [1.807, 2.05) is 6.92 Å². The average Bonchev–Trinajstić information content (AvgIpc) is 2.18. The Kier molecular flexibility index (Phi) is 3.70. The quantitative estimate of drug-likeness (QED) is 0.620. The maximum Gasteiger partial charge on any atom is -0.0251 e. The Morgan fingerprint density at radius 3 is 2.64 bits per heavy atom. The first-order valence-electron chi connectivity index (χ1n) is 5.06. The van der Waals surface area contributed by atoms with Crippen molar-refractivity contribution < 1.29 is 0 Å². The zero-order valence-electron chi connectivity index (χ0n) is 9.30. The van der Waals surface area contributed by atoms with Crippen LogP contribution < -0.4 is 0 Å². The van der Waals surface area contributed by atoms with Gasteiger partial charge in [-0.05, 0) is 37.0 Å². The maximum absolute atomic E-state index is 3.93. The predicted molar refractivity (Wildman–Crippen MR) is 64.3 cm³/mol. The molecule has 1 aromatic rings. The first-order valence-corrected chi connectivity index (χ1v) is 5.06. The molecule has 0 bridgehead atoms. The average molecular weight is 186 g/mol. The molecule has 1 aromatic carbocycles. The van der Waals surface area contributed by atoms with Crippen molar-refractivity contribution in [3.8, 4) is 0 Å². The van der Waals surface area contributed by atoms with Crippen LogP contribution in [0.3, 0.4) is 0 Å². The molecule has 74 valence electrons. The van der Waals surface area contributed by atoms with Crippen LogP contribution in [0.2, 0.25) is 0 Å². The number of aryl methyl sites for hydroxylation is 1. The van der Waals surface area contributed by atoms with E-state index in [4.69, 9.17) is 0 Å². The standard InChI is InChI=1S/C14H18/c1-5-13-7-6-8-14(10-13)9-12(4)11(2)3/h6-10H,2,5H2,1,3-4H3/b12-9+. The number of hydrogen-bond donors (Lipinski definition) is 0. The van der Waals surface area contributed by atoms with Gasteiger partial charge >= 0.3 is 0 Å². The molecule has 0 amide bonds. The lowest BCUT2D eigenvalue weighted by molar-refractivity contribution is 1.14. The molecule has 0 atom stereocenters. The van der Waals surface area contributed by atoms with Crippen molar-refractivity contribution in [1.82, 2.24) is 0 Å². The summed E-state index contributed by atoms with van der Waals surface area (Å²) in [5.74, 6) is 0. The Morgan fingerprint density at radius 2 is 2.07 bits per heavy atom. The van der Waals surface area contributed by atoms with Gasteiger partial charge in [0, 0.05) is 0 Å². The van der Waals surface area contributed by atoms with Crippen molar-refractivity contribution in [2.45, 2.75) is 27.2 Å². The lowest BCUT2D eigenvalue weighted by Gasteiger charge is -2.01. The van der Waals surface area contributed by atoms with Gasteiger partial charge in [-0.25, -0.2) is 0 Å². The smallest absolute Gasteiger partial charge is 0.0251 e. The highest BCUT2D eigenvalue weighted by Gasteiger charge is 1.93. The van der Waals surface area contributed by atoms with Crippen LogP contribution in [0.5, 0.6) is 0 Å². The number of benzene rings is 1. The Balaban J connectivity index is 2.97. The molecule has 0 radical (unpaired) electrons. The van der Waals surface area contributed by atoms with Crippen molar-refractivity contribution in [3.63, 3.8) is 0 Å². The molecule has 1 rings (SSSR count). The second-order valence-corrected chi connectivity index (χ2v) is 3.71. The maximum atomic E-state index is 3.93. The van der Waals surface area contributed by atoms with E-state index in [0.717, 1.165) is 12.0 Å². The van der Waals surface area contributed by atoms with Crippen LogP contribution in [0.25, 0.3) is 6.08 Å². The van der Waals surface area contributed by atoms with E-state index in [-0.39, 0.29) is 0 Å². The Bertz CT molecular complexity index is 356. The molecule has 0 nitrogen and oxygen atoms in total. The number of hydrogen-bond acceptors (Lipinski definition) is 0. The highest BCUT2D eigenvalue weighted by Crippen LogP contribution is 2.13. The van der Waals surface area contributed by atoms with Crippen LogP contribution >= 0.6 is 0 Å². The van der Waals surface area contributed by atoms with Gasteiger partial charge in [-0.1, -0.05) is 49.4 Å². The molecule has 0 heteroatoms. The molecule has 0 saturated carbocycles.